The van der Waals surface area contributed by atoms with E-state index in [0.717, 1.165) is 24.1 Å². The molecule has 5 rings (SSSR count). The average molecular weight is 552 g/mol. The van der Waals surface area contributed by atoms with Gasteiger partial charge in [-0.25, -0.2) is 9.97 Å². The van der Waals surface area contributed by atoms with Gasteiger partial charge in [0, 0.05) is 30.9 Å². The first-order chi connectivity index (χ1) is 19.1. The first-order valence-electron chi connectivity index (χ1n) is 12.7. The molecule has 11 heteroatoms. The zero-order valence-electron chi connectivity index (χ0n) is 22.2. The zero-order valence-corrected chi connectivity index (χ0v) is 22.2. The Bertz CT molecular complexity index is 1510. The number of nitrogens with zero attached hydrogens (tertiary/aromatic N) is 4. The van der Waals surface area contributed by atoms with Crippen molar-refractivity contribution >= 4 is 17.3 Å². The summed E-state index contributed by atoms with van der Waals surface area (Å²) in [5, 5.41) is 2.72. The van der Waals surface area contributed by atoms with Crippen molar-refractivity contribution in [3.8, 4) is 23.0 Å². The van der Waals surface area contributed by atoms with Crippen molar-refractivity contribution in [1.29, 1.82) is 0 Å². The van der Waals surface area contributed by atoms with Gasteiger partial charge < -0.3 is 24.3 Å². The number of carbonyl (C=O) groups excluding carboxylic acids is 1. The van der Waals surface area contributed by atoms with Crippen molar-refractivity contribution in [1.82, 2.24) is 14.9 Å². The number of hydrogen-bond acceptors (Lipinski definition) is 7. The van der Waals surface area contributed by atoms with Crippen molar-refractivity contribution in [2.24, 2.45) is 0 Å². The molecule has 1 atom stereocenters. The van der Waals surface area contributed by atoms with Crippen LogP contribution in [0.1, 0.15) is 27.9 Å². The first-order valence-corrected chi connectivity index (χ1v) is 12.7. The molecule has 1 amide bonds. The molecule has 0 radical (unpaired) electrons. The van der Waals surface area contributed by atoms with Gasteiger partial charge in [-0.05, 0) is 75.5 Å². The van der Waals surface area contributed by atoms with Gasteiger partial charge in [0.2, 0.25) is 5.88 Å². The Morgan fingerprint density at radius 2 is 2.00 bits per heavy atom. The van der Waals surface area contributed by atoms with E-state index in [-0.39, 0.29) is 23.2 Å². The Morgan fingerprint density at radius 1 is 1.18 bits per heavy atom. The number of amides is 1. The molecule has 3 heterocycles. The summed E-state index contributed by atoms with van der Waals surface area (Å²) in [6.45, 7) is 3.12. The number of rotatable bonds is 7. The standard InChI is InChI=1S/C29H28F3N5O3/c1-18-6-7-19(13-25(18)40-28-22(5-4-11-34-28)26-15-33-17-39-26)27(38)35-23-14-20(29(30,31)32)8-9-24(23)37-12-10-21(16-37)36(2)3/h4-9,11,13-15,17,21H,10,12,16H2,1-3H3,(H,35,38). The molecule has 40 heavy (non-hydrogen) atoms. The minimum atomic E-state index is -4.55. The molecule has 8 nitrogen and oxygen atoms in total. The highest BCUT2D eigenvalue weighted by molar-refractivity contribution is 6.06. The molecule has 2 aromatic carbocycles. The molecule has 4 aromatic rings. The minimum Gasteiger partial charge on any atom is -0.443 e. The maximum Gasteiger partial charge on any atom is 0.416 e. The van der Waals surface area contributed by atoms with Gasteiger partial charge in [0.15, 0.2) is 12.2 Å². The van der Waals surface area contributed by atoms with E-state index in [1.54, 1.807) is 30.5 Å². The van der Waals surface area contributed by atoms with E-state index >= 15 is 0 Å². The summed E-state index contributed by atoms with van der Waals surface area (Å²) in [5.74, 6) is 0.518. The van der Waals surface area contributed by atoms with E-state index in [9.17, 15) is 18.0 Å². The van der Waals surface area contributed by atoms with Crippen LogP contribution < -0.4 is 15.0 Å². The van der Waals surface area contributed by atoms with Crippen molar-refractivity contribution in [3.05, 3.63) is 84.0 Å². The first kappa shape index (κ1) is 27.2. The van der Waals surface area contributed by atoms with Crippen molar-refractivity contribution in [2.45, 2.75) is 25.6 Å². The Labute approximate surface area is 229 Å². The Hall–Kier alpha value is -4.38. The van der Waals surface area contributed by atoms with E-state index in [0.29, 0.717) is 35.9 Å². The van der Waals surface area contributed by atoms with Gasteiger partial charge in [0.25, 0.3) is 5.91 Å². The molecule has 1 unspecified atom stereocenters. The highest BCUT2D eigenvalue weighted by Gasteiger charge is 2.33. The normalized spacial score (nSPS) is 15.5. The molecule has 0 bridgehead atoms. The highest BCUT2D eigenvalue weighted by Crippen LogP contribution is 2.38. The largest absolute Gasteiger partial charge is 0.443 e. The molecule has 208 valence electrons. The van der Waals surface area contributed by atoms with Crippen molar-refractivity contribution in [3.63, 3.8) is 0 Å². The van der Waals surface area contributed by atoms with Crippen LogP contribution in [0.5, 0.6) is 11.6 Å². The molecule has 1 fully saturated rings. The van der Waals surface area contributed by atoms with Crippen LogP contribution in [-0.2, 0) is 6.18 Å². The number of halogens is 3. The number of oxazole rings is 1. The molecule has 0 saturated carbocycles. The van der Waals surface area contributed by atoms with Gasteiger partial charge in [-0.3, -0.25) is 4.79 Å². The lowest BCUT2D eigenvalue weighted by molar-refractivity contribution is -0.137. The summed E-state index contributed by atoms with van der Waals surface area (Å²) in [6, 6.07) is 12.1. The molecular formula is C29H28F3N5O3. The maximum atomic E-state index is 13.6. The second-order valence-corrected chi connectivity index (χ2v) is 9.84. The zero-order chi connectivity index (χ0) is 28.4. The van der Waals surface area contributed by atoms with E-state index < -0.39 is 17.6 Å². The topological polar surface area (TPSA) is 83.7 Å². The number of nitrogens with one attached hydrogen (secondary N) is 1. The van der Waals surface area contributed by atoms with Crippen LogP contribution in [0.2, 0.25) is 0 Å². The molecule has 1 saturated heterocycles. The van der Waals surface area contributed by atoms with Gasteiger partial charge >= 0.3 is 6.18 Å². The van der Waals surface area contributed by atoms with Gasteiger partial charge in [-0.1, -0.05) is 6.07 Å². The number of anilines is 2. The number of likely N-dealkylation sites (N-methyl/N-ethyl adjacent to an activating group) is 1. The molecule has 0 aliphatic carbocycles. The SMILES string of the molecule is Cc1ccc(C(=O)Nc2cc(C(F)(F)F)ccc2N2CCC(N(C)C)C2)cc1Oc1ncccc1-c1cnco1. The summed E-state index contributed by atoms with van der Waals surface area (Å²) >= 11 is 0. The van der Waals surface area contributed by atoms with Crippen LogP contribution in [0.25, 0.3) is 11.3 Å². The van der Waals surface area contributed by atoms with E-state index in [1.165, 1.54) is 24.7 Å². The van der Waals surface area contributed by atoms with Crippen LogP contribution in [0.4, 0.5) is 24.5 Å². The molecule has 1 aliphatic heterocycles. The molecule has 1 N–H and O–H groups in total. The molecule has 1 aliphatic rings. The fourth-order valence-corrected chi connectivity index (χ4v) is 4.63. The molecular weight excluding hydrogens is 523 g/mol. The predicted molar refractivity (Wildman–Crippen MR) is 145 cm³/mol. The van der Waals surface area contributed by atoms with Crippen LogP contribution in [0.3, 0.4) is 0 Å². The van der Waals surface area contributed by atoms with Crippen molar-refractivity contribution < 1.29 is 27.1 Å². The van der Waals surface area contributed by atoms with Gasteiger partial charge in [0.05, 0.1) is 28.7 Å². The van der Waals surface area contributed by atoms with Crippen LogP contribution in [0, 0.1) is 6.92 Å². The van der Waals surface area contributed by atoms with E-state index in [1.807, 2.05) is 25.9 Å². The number of aromatic nitrogens is 2. The fraction of sp³-hybridized carbons (Fsp3) is 0.276. The third-order valence-corrected chi connectivity index (χ3v) is 6.93. The monoisotopic (exact) mass is 551 g/mol. The predicted octanol–water partition coefficient (Wildman–Crippen LogP) is 6.25. The van der Waals surface area contributed by atoms with Gasteiger partial charge in [-0.15, -0.1) is 0 Å². The number of benzene rings is 2. The summed E-state index contributed by atoms with van der Waals surface area (Å²) in [4.78, 5) is 25.7. The lowest BCUT2D eigenvalue weighted by Gasteiger charge is -2.25. The summed E-state index contributed by atoms with van der Waals surface area (Å²) in [7, 11) is 3.94. The Kier molecular flexibility index (Phi) is 7.49. The van der Waals surface area contributed by atoms with Crippen LogP contribution in [0.15, 0.2) is 71.7 Å². The van der Waals surface area contributed by atoms with Gasteiger partial charge in [-0.2, -0.15) is 13.2 Å². The third-order valence-electron chi connectivity index (χ3n) is 6.93. The highest BCUT2D eigenvalue weighted by atomic mass is 19.4. The third kappa shape index (κ3) is 5.79. The van der Waals surface area contributed by atoms with E-state index in [4.69, 9.17) is 9.15 Å². The van der Waals surface area contributed by atoms with Crippen LogP contribution >= 0.6 is 0 Å². The summed E-state index contributed by atoms with van der Waals surface area (Å²) in [5.41, 5.74) is 1.33. The van der Waals surface area contributed by atoms with Crippen molar-refractivity contribution in [2.75, 3.05) is 37.4 Å². The second-order valence-electron chi connectivity index (χ2n) is 9.84. The summed E-state index contributed by atoms with van der Waals surface area (Å²) < 4.78 is 52.2. The maximum absolute atomic E-state index is 13.6. The number of alkyl halides is 3. The summed E-state index contributed by atoms with van der Waals surface area (Å²) in [6.07, 6.45) is 0.713. The average Bonchev–Trinajstić information content (AvgIpc) is 3.63. The van der Waals surface area contributed by atoms with E-state index in [2.05, 4.69) is 20.2 Å². The Balaban J connectivity index is 1.43. The van der Waals surface area contributed by atoms with Crippen LogP contribution in [-0.4, -0.2) is 54.0 Å². The minimum absolute atomic E-state index is 0.0969. The fourth-order valence-electron chi connectivity index (χ4n) is 4.63. The molecule has 0 spiro atoms. The molecule has 2 aromatic heterocycles. The second kappa shape index (κ2) is 11.0. The lowest BCUT2D eigenvalue weighted by Crippen LogP contribution is -2.31. The Morgan fingerprint density at radius 3 is 2.70 bits per heavy atom. The number of hydrogen-bond donors (Lipinski definition) is 1. The lowest BCUT2D eigenvalue weighted by atomic mass is 10.1. The number of carbonyl (C=O) groups is 1. The number of ether oxygens (including phenoxy) is 1. The van der Waals surface area contributed by atoms with Gasteiger partial charge in [0.1, 0.15) is 5.75 Å². The smallest absolute Gasteiger partial charge is 0.416 e. The number of pyridine rings is 1. The number of aryl methyl sites for hydroxylation is 1. The quantitative estimate of drug-likeness (QED) is 0.291.